The minimum atomic E-state index is -0.909. The molecule has 13 heavy (non-hydrogen) atoms. The molecule has 0 aromatic rings. The predicted octanol–water partition coefficient (Wildman–Crippen LogP) is 1.36. The van der Waals surface area contributed by atoms with Gasteiger partial charge in [-0.05, 0) is 12.8 Å². The van der Waals surface area contributed by atoms with E-state index in [2.05, 4.69) is 0 Å². The lowest BCUT2D eigenvalue weighted by Gasteiger charge is -2.29. The Balaban J connectivity index is 2.51. The second kappa shape index (κ2) is 4.25. The molecule has 1 amide bonds. The van der Waals surface area contributed by atoms with Gasteiger partial charge in [-0.1, -0.05) is 6.92 Å². The molecule has 0 aliphatic carbocycles. The first-order valence-electron chi connectivity index (χ1n) is 4.65. The van der Waals surface area contributed by atoms with Crippen molar-refractivity contribution in [3.63, 3.8) is 0 Å². The van der Waals surface area contributed by atoms with Crippen molar-refractivity contribution in [2.75, 3.05) is 13.1 Å². The fraction of sp³-hybridized carbons (Fsp3) is 0.778. The fourth-order valence-electron chi connectivity index (χ4n) is 1.70. The third-order valence-electron chi connectivity index (χ3n) is 2.50. The maximum Gasteiger partial charge on any atom is 0.407 e. The van der Waals surface area contributed by atoms with Gasteiger partial charge in [0.25, 0.3) is 0 Å². The zero-order valence-electron chi connectivity index (χ0n) is 7.82. The molecular weight excluding hydrogens is 170 g/mol. The number of hydrogen-bond acceptors (Lipinski definition) is 2. The smallest absolute Gasteiger partial charge is 0.407 e. The monoisotopic (exact) mass is 185 g/mol. The molecule has 1 aliphatic heterocycles. The highest BCUT2D eigenvalue weighted by Gasteiger charge is 2.26. The van der Waals surface area contributed by atoms with Gasteiger partial charge in [-0.2, -0.15) is 0 Å². The average Bonchev–Trinajstić information content (AvgIpc) is 2.17. The second-order valence-corrected chi connectivity index (χ2v) is 3.39. The fourth-order valence-corrected chi connectivity index (χ4v) is 1.70. The molecule has 1 heterocycles. The van der Waals surface area contributed by atoms with Crippen molar-refractivity contribution in [2.45, 2.75) is 26.2 Å². The van der Waals surface area contributed by atoms with Crippen molar-refractivity contribution >= 4 is 11.9 Å². The summed E-state index contributed by atoms with van der Waals surface area (Å²) in [5, 5.41) is 8.73. The minimum Gasteiger partial charge on any atom is -0.465 e. The normalized spacial score (nSPS) is 22.8. The molecular formula is C9H15NO3. The predicted molar refractivity (Wildman–Crippen MR) is 47.6 cm³/mol. The summed E-state index contributed by atoms with van der Waals surface area (Å²) in [5.41, 5.74) is 0. The quantitative estimate of drug-likeness (QED) is 0.706. The number of Topliss-reactive ketones (excluding diaryl/α,β-unsaturated/α-hetero) is 1. The summed E-state index contributed by atoms with van der Waals surface area (Å²) in [6.07, 6.45) is 1.26. The van der Waals surface area contributed by atoms with Crippen LogP contribution in [-0.2, 0) is 4.79 Å². The number of amides is 1. The van der Waals surface area contributed by atoms with Gasteiger partial charge in [0.1, 0.15) is 5.78 Å². The van der Waals surface area contributed by atoms with Gasteiger partial charge in [-0.15, -0.1) is 0 Å². The zero-order chi connectivity index (χ0) is 9.84. The van der Waals surface area contributed by atoms with Crippen molar-refractivity contribution in [3.05, 3.63) is 0 Å². The van der Waals surface area contributed by atoms with Gasteiger partial charge >= 0.3 is 6.09 Å². The lowest BCUT2D eigenvalue weighted by molar-refractivity contribution is -0.123. The maximum absolute atomic E-state index is 11.3. The van der Waals surface area contributed by atoms with E-state index in [1.165, 1.54) is 4.90 Å². The van der Waals surface area contributed by atoms with Crippen LogP contribution in [0.3, 0.4) is 0 Å². The summed E-state index contributed by atoms with van der Waals surface area (Å²) in [7, 11) is 0. The van der Waals surface area contributed by atoms with E-state index in [0.29, 0.717) is 19.5 Å². The highest BCUT2D eigenvalue weighted by molar-refractivity contribution is 5.81. The molecule has 4 heteroatoms. The first-order chi connectivity index (χ1) is 6.15. The van der Waals surface area contributed by atoms with Crippen LogP contribution in [0.4, 0.5) is 4.79 Å². The summed E-state index contributed by atoms with van der Waals surface area (Å²) in [6.45, 7) is 2.78. The van der Waals surface area contributed by atoms with E-state index in [1.54, 1.807) is 0 Å². The number of nitrogens with zero attached hydrogens (tertiary/aromatic N) is 1. The first-order valence-corrected chi connectivity index (χ1v) is 4.65. The number of hydrogen-bond donors (Lipinski definition) is 1. The Morgan fingerprint density at radius 1 is 1.54 bits per heavy atom. The highest BCUT2D eigenvalue weighted by Crippen LogP contribution is 2.18. The molecule has 0 bridgehead atoms. The van der Waals surface area contributed by atoms with Gasteiger partial charge in [0.15, 0.2) is 0 Å². The number of carboxylic acid groups (broad SMARTS) is 1. The zero-order valence-corrected chi connectivity index (χ0v) is 7.82. The summed E-state index contributed by atoms with van der Waals surface area (Å²) >= 11 is 0. The van der Waals surface area contributed by atoms with Crippen molar-refractivity contribution < 1.29 is 14.7 Å². The van der Waals surface area contributed by atoms with Crippen molar-refractivity contribution in [3.8, 4) is 0 Å². The van der Waals surface area contributed by atoms with Crippen LogP contribution in [0.25, 0.3) is 0 Å². The largest absolute Gasteiger partial charge is 0.465 e. The summed E-state index contributed by atoms with van der Waals surface area (Å²) < 4.78 is 0. The van der Waals surface area contributed by atoms with Crippen LogP contribution < -0.4 is 0 Å². The van der Waals surface area contributed by atoms with Gasteiger partial charge in [0.2, 0.25) is 0 Å². The summed E-state index contributed by atoms with van der Waals surface area (Å²) in [5.74, 6) is 0.126. The van der Waals surface area contributed by atoms with Crippen LogP contribution in [0.1, 0.15) is 26.2 Å². The number of likely N-dealkylation sites (tertiary alicyclic amines) is 1. The van der Waals surface area contributed by atoms with E-state index >= 15 is 0 Å². The van der Waals surface area contributed by atoms with Gasteiger partial charge in [0, 0.05) is 25.4 Å². The van der Waals surface area contributed by atoms with E-state index in [4.69, 9.17) is 5.11 Å². The van der Waals surface area contributed by atoms with Crippen molar-refractivity contribution in [1.82, 2.24) is 4.90 Å². The Morgan fingerprint density at radius 3 is 2.77 bits per heavy atom. The summed E-state index contributed by atoms with van der Waals surface area (Å²) in [6, 6.07) is 0. The van der Waals surface area contributed by atoms with Crippen molar-refractivity contribution in [2.24, 2.45) is 5.92 Å². The van der Waals surface area contributed by atoms with Gasteiger partial charge in [-0.25, -0.2) is 4.79 Å². The Morgan fingerprint density at radius 2 is 2.23 bits per heavy atom. The SMILES string of the molecule is CCC(=O)C1CCCN(C(=O)O)C1. The van der Waals surface area contributed by atoms with Crippen LogP contribution in [0.5, 0.6) is 0 Å². The number of piperidine rings is 1. The van der Waals surface area contributed by atoms with Crippen LogP contribution >= 0.6 is 0 Å². The topological polar surface area (TPSA) is 57.6 Å². The molecule has 1 saturated heterocycles. The van der Waals surface area contributed by atoms with Gasteiger partial charge < -0.3 is 10.0 Å². The Bertz CT molecular complexity index is 215. The van der Waals surface area contributed by atoms with Crippen LogP contribution in [0, 0.1) is 5.92 Å². The average molecular weight is 185 g/mol. The third kappa shape index (κ3) is 2.44. The molecule has 74 valence electrons. The van der Waals surface area contributed by atoms with Crippen LogP contribution in [0.15, 0.2) is 0 Å². The maximum atomic E-state index is 11.3. The Labute approximate surface area is 77.5 Å². The first kappa shape index (κ1) is 10.0. The molecule has 4 nitrogen and oxygen atoms in total. The molecule has 1 unspecified atom stereocenters. The molecule has 1 rings (SSSR count). The van der Waals surface area contributed by atoms with E-state index in [-0.39, 0.29) is 11.7 Å². The molecule has 0 saturated carbocycles. The highest BCUT2D eigenvalue weighted by atomic mass is 16.4. The molecule has 0 radical (unpaired) electrons. The lowest BCUT2D eigenvalue weighted by Crippen LogP contribution is -2.41. The minimum absolute atomic E-state index is 0.0603. The molecule has 1 fully saturated rings. The van der Waals surface area contributed by atoms with Gasteiger partial charge in [-0.3, -0.25) is 4.79 Å². The molecule has 0 spiro atoms. The Hall–Kier alpha value is -1.06. The molecule has 0 aromatic carbocycles. The van der Waals surface area contributed by atoms with Crippen molar-refractivity contribution in [1.29, 1.82) is 0 Å². The number of carbonyl (C=O) groups excluding carboxylic acids is 1. The van der Waals surface area contributed by atoms with E-state index in [1.807, 2.05) is 6.92 Å². The molecule has 1 N–H and O–H groups in total. The van der Waals surface area contributed by atoms with E-state index in [9.17, 15) is 9.59 Å². The second-order valence-electron chi connectivity index (χ2n) is 3.39. The lowest BCUT2D eigenvalue weighted by atomic mass is 9.93. The molecule has 1 atom stereocenters. The van der Waals surface area contributed by atoms with Crippen LogP contribution in [0.2, 0.25) is 0 Å². The molecule has 0 aromatic heterocycles. The molecule has 1 aliphatic rings. The van der Waals surface area contributed by atoms with E-state index < -0.39 is 6.09 Å². The third-order valence-corrected chi connectivity index (χ3v) is 2.50. The number of rotatable bonds is 2. The standard InChI is InChI=1S/C9H15NO3/c1-2-8(11)7-4-3-5-10(6-7)9(12)13/h7H,2-6H2,1H3,(H,12,13). The number of ketones is 1. The van der Waals surface area contributed by atoms with Crippen LogP contribution in [-0.4, -0.2) is 35.0 Å². The number of carbonyl (C=O) groups is 2. The van der Waals surface area contributed by atoms with Gasteiger partial charge in [0.05, 0.1) is 0 Å². The Kier molecular flexibility index (Phi) is 3.28. The van der Waals surface area contributed by atoms with E-state index in [0.717, 1.165) is 12.8 Å². The summed E-state index contributed by atoms with van der Waals surface area (Å²) in [4.78, 5) is 23.3.